The van der Waals surface area contributed by atoms with Crippen LogP contribution in [0, 0.1) is 5.92 Å². The molecular formula is C25H35N5O4. The number of carbonyl (C=O) groups excluding carboxylic acids is 2. The molecule has 184 valence electrons. The molecule has 2 saturated heterocycles. The maximum absolute atomic E-state index is 13.2. The van der Waals surface area contributed by atoms with Crippen molar-refractivity contribution in [2.45, 2.75) is 52.2 Å². The molecule has 0 N–H and O–H groups in total. The highest BCUT2D eigenvalue weighted by molar-refractivity contribution is 5.79. The Balaban J connectivity index is 1.24. The Morgan fingerprint density at radius 1 is 1.00 bits per heavy atom. The second-order valence-corrected chi connectivity index (χ2v) is 10.1. The highest BCUT2D eigenvalue weighted by Crippen LogP contribution is 2.23. The Hall–Kier alpha value is -2.94. The standard InChI is InChI=1S/C25H35N5O4/c1-25(2,3)33-24(32)30-13-7-12-29(16-17-30)23(31)20-10-14-28(15-11-20)18-21-26-22(27-34-21)19-8-5-4-6-9-19/h4-6,8-9,20H,7,10-18H2,1-3H3. The molecule has 2 aromatic rings. The number of amides is 2. The molecule has 9 heteroatoms. The molecule has 0 spiro atoms. The summed E-state index contributed by atoms with van der Waals surface area (Å²) in [7, 11) is 0. The molecule has 2 amide bonds. The van der Waals surface area contributed by atoms with E-state index in [9.17, 15) is 9.59 Å². The molecule has 3 heterocycles. The first-order chi connectivity index (χ1) is 16.3. The SMILES string of the molecule is CC(C)(C)OC(=O)N1CCCN(C(=O)C2CCN(Cc3nc(-c4ccccc4)no3)CC2)CC1. The van der Waals surface area contributed by atoms with Crippen LogP contribution in [0.5, 0.6) is 0 Å². The van der Waals surface area contributed by atoms with E-state index < -0.39 is 5.60 Å². The molecule has 2 aliphatic heterocycles. The Bertz CT molecular complexity index is 963. The highest BCUT2D eigenvalue weighted by Gasteiger charge is 2.31. The summed E-state index contributed by atoms with van der Waals surface area (Å²) in [4.78, 5) is 36.0. The number of nitrogens with zero attached hydrogens (tertiary/aromatic N) is 5. The molecule has 0 saturated carbocycles. The fourth-order valence-electron chi connectivity index (χ4n) is 4.46. The Morgan fingerprint density at radius 3 is 2.38 bits per heavy atom. The molecule has 9 nitrogen and oxygen atoms in total. The fraction of sp³-hybridized carbons (Fsp3) is 0.600. The highest BCUT2D eigenvalue weighted by atomic mass is 16.6. The second kappa shape index (κ2) is 10.5. The van der Waals surface area contributed by atoms with Crippen LogP contribution in [0.3, 0.4) is 0 Å². The van der Waals surface area contributed by atoms with Gasteiger partial charge in [0.25, 0.3) is 0 Å². The van der Waals surface area contributed by atoms with Crippen LogP contribution >= 0.6 is 0 Å². The molecule has 4 rings (SSSR count). The van der Waals surface area contributed by atoms with Crippen LogP contribution in [-0.2, 0) is 16.1 Å². The van der Waals surface area contributed by atoms with Crippen molar-refractivity contribution in [3.05, 3.63) is 36.2 Å². The summed E-state index contributed by atoms with van der Waals surface area (Å²) in [6.45, 7) is 10.2. The van der Waals surface area contributed by atoms with Gasteiger partial charge in [0.05, 0.1) is 6.54 Å². The lowest BCUT2D eigenvalue weighted by Crippen LogP contribution is -2.44. The summed E-state index contributed by atoms with van der Waals surface area (Å²) in [5.41, 5.74) is 0.418. The summed E-state index contributed by atoms with van der Waals surface area (Å²) >= 11 is 0. The maximum atomic E-state index is 13.2. The van der Waals surface area contributed by atoms with Gasteiger partial charge in [0.2, 0.25) is 17.6 Å². The van der Waals surface area contributed by atoms with Crippen LogP contribution in [-0.4, -0.2) is 81.7 Å². The summed E-state index contributed by atoms with van der Waals surface area (Å²) in [5.74, 6) is 1.42. The van der Waals surface area contributed by atoms with Crippen molar-refractivity contribution in [3.8, 4) is 11.4 Å². The van der Waals surface area contributed by atoms with Gasteiger partial charge in [-0.2, -0.15) is 4.98 Å². The Labute approximate surface area is 201 Å². The lowest BCUT2D eigenvalue weighted by Gasteiger charge is -2.33. The third-order valence-corrected chi connectivity index (χ3v) is 6.26. The predicted molar refractivity (Wildman–Crippen MR) is 127 cm³/mol. The van der Waals surface area contributed by atoms with Gasteiger partial charge < -0.3 is 19.1 Å². The van der Waals surface area contributed by atoms with E-state index in [0.717, 1.165) is 37.9 Å². The number of likely N-dealkylation sites (tertiary alicyclic amines) is 1. The minimum absolute atomic E-state index is 0.0203. The lowest BCUT2D eigenvalue weighted by molar-refractivity contribution is -0.137. The van der Waals surface area contributed by atoms with Crippen molar-refractivity contribution in [1.82, 2.24) is 24.8 Å². The van der Waals surface area contributed by atoms with E-state index in [1.165, 1.54) is 0 Å². The van der Waals surface area contributed by atoms with Crippen LogP contribution < -0.4 is 0 Å². The molecule has 0 atom stereocenters. The minimum atomic E-state index is -0.517. The molecule has 1 aromatic carbocycles. The number of aromatic nitrogens is 2. The first-order valence-corrected chi connectivity index (χ1v) is 12.2. The van der Waals surface area contributed by atoms with Crippen molar-refractivity contribution in [1.29, 1.82) is 0 Å². The number of hydrogen-bond acceptors (Lipinski definition) is 7. The lowest BCUT2D eigenvalue weighted by atomic mass is 9.95. The number of hydrogen-bond donors (Lipinski definition) is 0. The van der Waals surface area contributed by atoms with Gasteiger partial charge in [0.15, 0.2) is 0 Å². The van der Waals surface area contributed by atoms with Crippen molar-refractivity contribution in [2.75, 3.05) is 39.3 Å². The maximum Gasteiger partial charge on any atom is 0.410 e. The van der Waals surface area contributed by atoms with Gasteiger partial charge in [0.1, 0.15) is 5.60 Å². The second-order valence-electron chi connectivity index (χ2n) is 10.1. The van der Waals surface area contributed by atoms with E-state index in [2.05, 4.69) is 15.0 Å². The van der Waals surface area contributed by atoms with Gasteiger partial charge in [0, 0.05) is 37.7 Å². The number of benzene rings is 1. The molecule has 1 aromatic heterocycles. The number of piperidine rings is 1. The zero-order valence-electron chi connectivity index (χ0n) is 20.4. The van der Waals surface area contributed by atoms with E-state index in [0.29, 0.717) is 44.4 Å². The third kappa shape index (κ3) is 6.34. The summed E-state index contributed by atoms with van der Waals surface area (Å²) in [6.07, 6.45) is 2.09. The molecular weight excluding hydrogens is 434 g/mol. The first-order valence-electron chi connectivity index (χ1n) is 12.2. The predicted octanol–water partition coefficient (Wildman–Crippen LogP) is 3.42. The van der Waals surface area contributed by atoms with E-state index >= 15 is 0 Å². The fourth-order valence-corrected chi connectivity index (χ4v) is 4.46. The normalized spacial score (nSPS) is 18.6. The van der Waals surface area contributed by atoms with Gasteiger partial charge in [-0.15, -0.1) is 0 Å². The molecule has 0 unspecified atom stereocenters. The van der Waals surface area contributed by atoms with Gasteiger partial charge in [-0.05, 0) is 53.1 Å². The van der Waals surface area contributed by atoms with Crippen molar-refractivity contribution in [2.24, 2.45) is 5.92 Å². The summed E-state index contributed by atoms with van der Waals surface area (Å²) in [6, 6.07) is 9.78. The van der Waals surface area contributed by atoms with Crippen LogP contribution in [0.25, 0.3) is 11.4 Å². The first kappa shape index (κ1) is 24.2. The molecule has 0 radical (unpaired) electrons. The van der Waals surface area contributed by atoms with Crippen molar-refractivity contribution in [3.63, 3.8) is 0 Å². The van der Waals surface area contributed by atoms with E-state index in [4.69, 9.17) is 9.26 Å². The monoisotopic (exact) mass is 469 g/mol. The molecule has 0 bridgehead atoms. The number of carbonyl (C=O) groups is 2. The minimum Gasteiger partial charge on any atom is -0.444 e. The largest absolute Gasteiger partial charge is 0.444 e. The van der Waals surface area contributed by atoms with Crippen LogP contribution in [0.1, 0.15) is 45.9 Å². The van der Waals surface area contributed by atoms with Gasteiger partial charge >= 0.3 is 6.09 Å². The quantitative estimate of drug-likeness (QED) is 0.677. The molecule has 34 heavy (non-hydrogen) atoms. The van der Waals surface area contributed by atoms with Crippen molar-refractivity contribution >= 4 is 12.0 Å². The average molecular weight is 470 g/mol. The average Bonchev–Trinajstić information content (AvgIpc) is 3.13. The Kier molecular flexibility index (Phi) is 7.50. The number of ether oxygens (including phenoxy) is 1. The van der Waals surface area contributed by atoms with Crippen LogP contribution in [0.15, 0.2) is 34.9 Å². The topological polar surface area (TPSA) is 92.0 Å². The van der Waals surface area contributed by atoms with E-state index in [-0.39, 0.29) is 17.9 Å². The smallest absolute Gasteiger partial charge is 0.410 e. The van der Waals surface area contributed by atoms with E-state index in [1.807, 2.05) is 56.0 Å². The zero-order valence-corrected chi connectivity index (χ0v) is 20.4. The summed E-state index contributed by atoms with van der Waals surface area (Å²) < 4.78 is 10.9. The third-order valence-electron chi connectivity index (χ3n) is 6.26. The zero-order chi connectivity index (χ0) is 24.1. The Morgan fingerprint density at radius 2 is 1.68 bits per heavy atom. The van der Waals surface area contributed by atoms with E-state index in [1.54, 1.807) is 4.90 Å². The molecule has 0 aliphatic carbocycles. The summed E-state index contributed by atoms with van der Waals surface area (Å²) in [5, 5.41) is 4.09. The number of rotatable bonds is 4. The van der Waals surface area contributed by atoms with Gasteiger partial charge in [-0.25, -0.2) is 4.79 Å². The van der Waals surface area contributed by atoms with Gasteiger partial charge in [-0.3, -0.25) is 9.69 Å². The van der Waals surface area contributed by atoms with Crippen LogP contribution in [0.4, 0.5) is 4.79 Å². The van der Waals surface area contributed by atoms with Crippen molar-refractivity contribution < 1.29 is 18.8 Å². The molecule has 2 fully saturated rings. The molecule has 2 aliphatic rings. The van der Waals surface area contributed by atoms with Crippen LogP contribution in [0.2, 0.25) is 0 Å². The van der Waals surface area contributed by atoms with Gasteiger partial charge in [-0.1, -0.05) is 35.5 Å².